The van der Waals surface area contributed by atoms with Crippen LogP contribution in [0.25, 0.3) is 0 Å². The van der Waals surface area contributed by atoms with Gasteiger partial charge in [-0.15, -0.1) is 0 Å². The summed E-state index contributed by atoms with van der Waals surface area (Å²) in [5, 5.41) is 2.99. The maximum atomic E-state index is 13.5. The Kier molecular flexibility index (Phi) is 7.39. The molecule has 5 nitrogen and oxygen atoms in total. The summed E-state index contributed by atoms with van der Waals surface area (Å²) in [5.74, 6) is -0.0468. The van der Waals surface area contributed by atoms with E-state index in [2.05, 4.69) is 5.32 Å². The summed E-state index contributed by atoms with van der Waals surface area (Å²) >= 11 is 11.3. The number of hydrogen-bond acceptors (Lipinski definition) is 4. The number of halogens is 4. The molecule has 2 aliphatic carbocycles. The molecule has 1 amide bonds. The number of Topliss-reactive ketones (excluding diaryl/α,β-unsaturated/α-hetero) is 1. The van der Waals surface area contributed by atoms with Gasteiger partial charge in [-0.1, -0.05) is 23.2 Å². The van der Waals surface area contributed by atoms with Crippen molar-refractivity contribution >= 4 is 34.9 Å². The number of rotatable bonds is 9. The lowest BCUT2D eigenvalue weighted by Crippen LogP contribution is -2.42. The van der Waals surface area contributed by atoms with Gasteiger partial charge in [-0.05, 0) is 61.3 Å². The maximum absolute atomic E-state index is 13.5. The first-order valence-corrected chi connectivity index (χ1v) is 11.5. The van der Waals surface area contributed by atoms with Crippen molar-refractivity contribution in [2.75, 3.05) is 13.2 Å². The Hall–Kier alpha value is -2.38. The van der Waals surface area contributed by atoms with Crippen LogP contribution >= 0.6 is 23.2 Å². The first-order chi connectivity index (χ1) is 15.8. The zero-order chi connectivity index (χ0) is 23.5. The molecule has 0 saturated heterocycles. The largest absolute Gasteiger partial charge is 0.486 e. The number of hydrogen-bond donors (Lipinski definition) is 1. The SMILES string of the molecule is O=C(COc1ccc(Cl)c(F)c1)C[C@H]1C[C@H]2C[C@@H]1C[C@@H]2NC(=O)COc1ccc(Cl)c(F)c1. The molecule has 176 valence electrons. The van der Waals surface area contributed by atoms with Crippen LogP contribution in [0.4, 0.5) is 8.78 Å². The van der Waals surface area contributed by atoms with Crippen LogP contribution in [0.1, 0.15) is 25.7 Å². The molecule has 0 heterocycles. The van der Waals surface area contributed by atoms with Crippen LogP contribution < -0.4 is 14.8 Å². The molecule has 2 aliphatic rings. The summed E-state index contributed by atoms with van der Waals surface area (Å²) in [4.78, 5) is 24.6. The molecule has 33 heavy (non-hydrogen) atoms. The van der Waals surface area contributed by atoms with Gasteiger partial charge in [-0.2, -0.15) is 0 Å². The number of fused-ring (bicyclic) bond motifs is 2. The minimum atomic E-state index is -0.603. The fraction of sp³-hybridized carbons (Fsp3) is 0.417. The lowest BCUT2D eigenvalue weighted by Gasteiger charge is -2.28. The molecule has 2 aromatic carbocycles. The van der Waals surface area contributed by atoms with Gasteiger partial charge in [0.2, 0.25) is 0 Å². The highest BCUT2D eigenvalue weighted by atomic mass is 35.5. The lowest BCUT2D eigenvalue weighted by molar-refractivity contribution is -0.125. The normalized spacial score (nSPS) is 23.4. The van der Waals surface area contributed by atoms with Gasteiger partial charge in [-0.3, -0.25) is 9.59 Å². The second kappa shape index (κ2) is 10.3. The summed E-state index contributed by atoms with van der Waals surface area (Å²) in [5.41, 5.74) is 0. The summed E-state index contributed by atoms with van der Waals surface area (Å²) in [6.07, 6.45) is 3.05. The number of nitrogens with one attached hydrogen (secondary N) is 1. The van der Waals surface area contributed by atoms with Gasteiger partial charge < -0.3 is 14.8 Å². The molecule has 2 bridgehead atoms. The van der Waals surface area contributed by atoms with Crippen LogP contribution in [0.5, 0.6) is 11.5 Å². The molecule has 2 aromatic rings. The highest BCUT2D eigenvalue weighted by Gasteiger charge is 2.46. The molecule has 0 spiro atoms. The van der Waals surface area contributed by atoms with E-state index in [9.17, 15) is 18.4 Å². The smallest absolute Gasteiger partial charge is 0.258 e. The van der Waals surface area contributed by atoms with E-state index in [1.54, 1.807) is 0 Å². The number of ether oxygens (including phenoxy) is 2. The van der Waals surface area contributed by atoms with Gasteiger partial charge in [-0.25, -0.2) is 8.78 Å². The molecule has 4 rings (SSSR count). The van der Waals surface area contributed by atoms with E-state index in [0.29, 0.717) is 18.3 Å². The highest BCUT2D eigenvalue weighted by molar-refractivity contribution is 6.31. The van der Waals surface area contributed by atoms with Crippen LogP contribution in [0.15, 0.2) is 36.4 Å². The second-order valence-corrected chi connectivity index (χ2v) is 9.45. The maximum Gasteiger partial charge on any atom is 0.258 e. The molecule has 0 unspecified atom stereocenters. The highest BCUT2D eigenvalue weighted by Crippen LogP contribution is 2.49. The van der Waals surface area contributed by atoms with E-state index >= 15 is 0 Å². The van der Waals surface area contributed by atoms with Gasteiger partial charge in [0.05, 0.1) is 10.0 Å². The predicted molar refractivity (Wildman–Crippen MR) is 120 cm³/mol. The van der Waals surface area contributed by atoms with Crippen LogP contribution in [-0.2, 0) is 9.59 Å². The molecular formula is C24H23Cl2F2NO4. The van der Waals surface area contributed by atoms with Crippen LogP contribution in [0, 0.1) is 29.4 Å². The second-order valence-electron chi connectivity index (χ2n) is 8.63. The first-order valence-electron chi connectivity index (χ1n) is 10.7. The van der Waals surface area contributed by atoms with Crippen molar-refractivity contribution in [1.29, 1.82) is 0 Å². The van der Waals surface area contributed by atoms with Crippen molar-refractivity contribution < 1.29 is 27.8 Å². The third-order valence-electron chi connectivity index (χ3n) is 6.39. The Balaban J connectivity index is 1.18. The molecule has 4 atom stereocenters. The van der Waals surface area contributed by atoms with Gasteiger partial charge >= 0.3 is 0 Å². The number of amides is 1. The van der Waals surface area contributed by atoms with Crippen LogP contribution in [0.3, 0.4) is 0 Å². The topological polar surface area (TPSA) is 64.6 Å². The molecule has 0 aromatic heterocycles. The van der Waals surface area contributed by atoms with Crippen molar-refractivity contribution in [3.05, 3.63) is 58.1 Å². The van der Waals surface area contributed by atoms with E-state index in [4.69, 9.17) is 32.7 Å². The van der Waals surface area contributed by atoms with E-state index in [-0.39, 0.29) is 58.4 Å². The number of carbonyl (C=O) groups is 2. The predicted octanol–water partition coefficient (Wildman–Crippen LogP) is 5.22. The summed E-state index contributed by atoms with van der Waals surface area (Å²) < 4.78 is 37.7. The van der Waals surface area contributed by atoms with E-state index in [1.165, 1.54) is 24.3 Å². The van der Waals surface area contributed by atoms with Crippen molar-refractivity contribution in [2.45, 2.75) is 31.7 Å². The molecule has 0 radical (unpaired) electrons. The average Bonchev–Trinajstić information content (AvgIpc) is 3.35. The molecule has 2 saturated carbocycles. The summed E-state index contributed by atoms with van der Waals surface area (Å²) in [7, 11) is 0. The Labute approximate surface area is 200 Å². The third-order valence-corrected chi connectivity index (χ3v) is 7.00. The molecule has 0 aliphatic heterocycles. The van der Waals surface area contributed by atoms with E-state index in [1.807, 2.05) is 0 Å². The van der Waals surface area contributed by atoms with Crippen LogP contribution in [0.2, 0.25) is 10.0 Å². The number of ketones is 1. The zero-order valence-corrected chi connectivity index (χ0v) is 19.2. The lowest BCUT2D eigenvalue weighted by atomic mass is 9.83. The van der Waals surface area contributed by atoms with Gasteiger partial charge in [0, 0.05) is 24.6 Å². The zero-order valence-electron chi connectivity index (χ0n) is 17.7. The molecule has 9 heteroatoms. The Bertz CT molecular complexity index is 970. The standard InChI is InChI=1S/C24H23Cl2F2NO4/c25-19-3-1-17(9-21(19)27)32-11-16(30)7-13-5-15-6-14(13)8-23(15)29-24(31)12-33-18-2-4-20(26)22(28)10-18/h1-4,9-10,13-15,23H,5-8,11-12H2,(H,29,31)/t13-,14-,15+,23+/m1/s1. The Morgan fingerprint density at radius 3 is 2.03 bits per heavy atom. The number of carbonyl (C=O) groups excluding carboxylic acids is 2. The van der Waals surface area contributed by atoms with E-state index in [0.717, 1.165) is 31.4 Å². The minimum Gasteiger partial charge on any atom is -0.486 e. The fourth-order valence-corrected chi connectivity index (χ4v) is 5.10. The fourth-order valence-electron chi connectivity index (χ4n) is 4.87. The van der Waals surface area contributed by atoms with Crippen molar-refractivity contribution in [2.24, 2.45) is 17.8 Å². The Morgan fingerprint density at radius 1 is 0.879 bits per heavy atom. The van der Waals surface area contributed by atoms with Gasteiger partial charge in [0.1, 0.15) is 29.7 Å². The summed E-state index contributed by atoms with van der Waals surface area (Å²) in [6, 6.07) is 8.14. The average molecular weight is 498 g/mol. The van der Waals surface area contributed by atoms with Crippen molar-refractivity contribution in [3.8, 4) is 11.5 Å². The van der Waals surface area contributed by atoms with Gasteiger partial charge in [0.25, 0.3) is 5.91 Å². The van der Waals surface area contributed by atoms with Gasteiger partial charge in [0.15, 0.2) is 12.4 Å². The Morgan fingerprint density at radius 2 is 1.48 bits per heavy atom. The molecule has 2 fully saturated rings. The van der Waals surface area contributed by atoms with Crippen molar-refractivity contribution in [3.63, 3.8) is 0 Å². The minimum absolute atomic E-state index is 0.00254. The third kappa shape index (κ3) is 5.95. The van der Waals surface area contributed by atoms with Crippen LogP contribution in [-0.4, -0.2) is 30.9 Å². The van der Waals surface area contributed by atoms with Crippen molar-refractivity contribution in [1.82, 2.24) is 5.32 Å². The monoisotopic (exact) mass is 497 g/mol. The first kappa shape index (κ1) is 23.8. The quantitative estimate of drug-likeness (QED) is 0.515. The summed E-state index contributed by atoms with van der Waals surface area (Å²) in [6.45, 7) is -0.322. The molecule has 1 N–H and O–H groups in total. The van der Waals surface area contributed by atoms with E-state index < -0.39 is 11.6 Å². The number of benzene rings is 2. The molecular weight excluding hydrogens is 475 g/mol.